The standard InChI is InChI=1S/C22H22ClN3O3/c1-25(2)22(28)16-8-6-15(7-9-16)14-24-21(27)17-12-18(23)19(13-20(17)29-3)26-10-4-5-11-26/h4-13H,14H2,1-3H3,(H,24,27). The van der Waals surface area contributed by atoms with E-state index in [1.54, 1.807) is 38.4 Å². The summed E-state index contributed by atoms with van der Waals surface area (Å²) in [6.07, 6.45) is 3.73. The van der Waals surface area contributed by atoms with E-state index in [-0.39, 0.29) is 11.8 Å². The van der Waals surface area contributed by atoms with Gasteiger partial charge in [0.2, 0.25) is 0 Å². The molecule has 0 radical (unpaired) electrons. The van der Waals surface area contributed by atoms with Gasteiger partial charge in [0, 0.05) is 44.7 Å². The lowest BCUT2D eigenvalue weighted by molar-refractivity contribution is 0.0827. The summed E-state index contributed by atoms with van der Waals surface area (Å²) in [7, 11) is 4.92. The number of carbonyl (C=O) groups is 2. The number of nitrogens with one attached hydrogen (secondary N) is 1. The summed E-state index contributed by atoms with van der Waals surface area (Å²) >= 11 is 6.39. The number of methoxy groups -OCH3 is 1. The van der Waals surface area contributed by atoms with Crippen molar-refractivity contribution < 1.29 is 14.3 Å². The molecule has 1 heterocycles. The molecule has 0 atom stereocenters. The van der Waals surface area contributed by atoms with E-state index in [9.17, 15) is 9.59 Å². The molecule has 0 spiro atoms. The molecule has 0 fully saturated rings. The molecule has 3 rings (SSSR count). The van der Waals surface area contributed by atoms with E-state index >= 15 is 0 Å². The van der Waals surface area contributed by atoms with Crippen molar-refractivity contribution in [2.45, 2.75) is 6.54 Å². The maximum absolute atomic E-state index is 12.7. The number of carbonyl (C=O) groups excluding carboxylic acids is 2. The number of halogens is 1. The van der Waals surface area contributed by atoms with Crippen LogP contribution >= 0.6 is 11.6 Å². The third-order valence-corrected chi connectivity index (χ3v) is 4.76. The second kappa shape index (κ2) is 8.84. The van der Waals surface area contributed by atoms with Crippen LogP contribution in [0.5, 0.6) is 5.75 Å². The van der Waals surface area contributed by atoms with Crippen molar-refractivity contribution in [3.63, 3.8) is 0 Å². The molecule has 150 valence electrons. The van der Waals surface area contributed by atoms with Gasteiger partial charge in [-0.3, -0.25) is 9.59 Å². The smallest absolute Gasteiger partial charge is 0.255 e. The number of ether oxygens (including phenoxy) is 1. The minimum absolute atomic E-state index is 0.0669. The number of hydrogen-bond donors (Lipinski definition) is 1. The van der Waals surface area contributed by atoms with Crippen LogP contribution < -0.4 is 10.1 Å². The van der Waals surface area contributed by atoms with Gasteiger partial charge in [0.1, 0.15) is 5.75 Å². The van der Waals surface area contributed by atoms with Gasteiger partial charge in [0.25, 0.3) is 11.8 Å². The Hall–Kier alpha value is -3.25. The number of hydrogen-bond acceptors (Lipinski definition) is 3. The molecular formula is C22H22ClN3O3. The van der Waals surface area contributed by atoms with Crippen LogP contribution in [0.25, 0.3) is 5.69 Å². The summed E-state index contributed by atoms with van der Waals surface area (Å²) < 4.78 is 7.25. The highest BCUT2D eigenvalue weighted by molar-refractivity contribution is 6.33. The molecule has 29 heavy (non-hydrogen) atoms. The van der Waals surface area contributed by atoms with E-state index in [1.165, 1.54) is 12.0 Å². The zero-order chi connectivity index (χ0) is 21.0. The third-order valence-electron chi connectivity index (χ3n) is 4.46. The Morgan fingerprint density at radius 2 is 1.76 bits per heavy atom. The summed E-state index contributed by atoms with van der Waals surface area (Å²) in [5, 5.41) is 3.31. The van der Waals surface area contributed by atoms with Gasteiger partial charge in [0.05, 0.1) is 23.4 Å². The molecular weight excluding hydrogens is 390 g/mol. The fraction of sp³-hybridized carbons (Fsp3) is 0.182. The summed E-state index contributed by atoms with van der Waals surface area (Å²) in [5.41, 5.74) is 2.56. The molecule has 7 heteroatoms. The maximum atomic E-state index is 12.7. The van der Waals surface area contributed by atoms with Crippen molar-refractivity contribution in [3.8, 4) is 11.4 Å². The van der Waals surface area contributed by atoms with Gasteiger partial charge in [0.15, 0.2) is 0 Å². The van der Waals surface area contributed by atoms with Crippen LogP contribution in [0.3, 0.4) is 0 Å². The molecule has 0 aliphatic heterocycles. The molecule has 0 aliphatic rings. The van der Waals surface area contributed by atoms with Crippen LogP contribution in [0.15, 0.2) is 60.9 Å². The normalized spacial score (nSPS) is 10.5. The zero-order valence-corrected chi connectivity index (χ0v) is 17.2. The average Bonchev–Trinajstić information content (AvgIpc) is 3.26. The molecule has 0 bridgehead atoms. The second-order valence-electron chi connectivity index (χ2n) is 6.67. The quantitative estimate of drug-likeness (QED) is 0.671. The Morgan fingerprint density at radius 3 is 2.34 bits per heavy atom. The fourth-order valence-corrected chi connectivity index (χ4v) is 3.14. The van der Waals surface area contributed by atoms with Crippen LogP contribution in [-0.2, 0) is 6.54 Å². The lowest BCUT2D eigenvalue weighted by Gasteiger charge is -2.14. The zero-order valence-electron chi connectivity index (χ0n) is 16.5. The van der Waals surface area contributed by atoms with Crippen molar-refractivity contribution in [1.29, 1.82) is 0 Å². The fourth-order valence-electron chi connectivity index (χ4n) is 2.88. The topological polar surface area (TPSA) is 63.6 Å². The summed E-state index contributed by atoms with van der Waals surface area (Å²) in [6, 6.07) is 14.2. The van der Waals surface area contributed by atoms with Gasteiger partial charge in [-0.2, -0.15) is 0 Å². The largest absolute Gasteiger partial charge is 0.496 e. The summed E-state index contributed by atoms with van der Waals surface area (Å²) in [4.78, 5) is 26.2. The van der Waals surface area contributed by atoms with Crippen LogP contribution in [0.1, 0.15) is 26.3 Å². The minimum atomic E-state index is -0.295. The van der Waals surface area contributed by atoms with Crippen molar-refractivity contribution in [3.05, 3.63) is 82.6 Å². The molecule has 3 aromatic rings. The number of nitrogens with zero attached hydrogens (tertiary/aromatic N) is 2. The van der Waals surface area contributed by atoms with E-state index in [4.69, 9.17) is 16.3 Å². The van der Waals surface area contributed by atoms with E-state index in [1.807, 2.05) is 41.2 Å². The van der Waals surface area contributed by atoms with Gasteiger partial charge in [-0.25, -0.2) is 0 Å². The van der Waals surface area contributed by atoms with Crippen molar-refractivity contribution in [1.82, 2.24) is 14.8 Å². The first-order chi connectivity index (χ1) is 13.9. The molecule has 1 aromatic heterocycles. The first-order valence-corrected chi connectivity index (χ1v) is 9.38. The molecule has 0 saturated carbocycles. The summed E-state index contributed by atoms with van der Waals surface area (Å²) in [5.74, 6) is 0.0709. The SMILES string of the molecule is COc1cc(-n2cccc2)c(Cl)cc1C(=O)NCc1ccc(C(=O)N(C)C)cc1. The van der Waals surface area contributed by atoms with Gasteiger partial charge in [-0.1, -0.05) is 23.7 Å². The predicted octanol–water partition coefficient (Wildman–Crippen LogP) is 3.77. The lowest BCUT2D eigenvalue weighted by atomic mass is 10.1. The van der Waals surface area contributed by atoms with Gasteiger partial charge < -0.3 is 19.5 Å². The van der Waals surface area contributed by atoms with E-state index in [0.717, 1.165) is 11.3 Å². The number of aromatic nitrogens is 1. The number of rotatable bonds is 6. The Morgan fingerprint density at radius 1 is 1.10 bits per heavy atom. The third kappa shape index (κ3) is 4.60. The highest BCUT2D eigenvalue weighted by Gasteiger charge is 2.16. The Kier molecular flexibility index (Phi) is 6.24. The highest BCUT2D eigenvalue weighted by atomic mass is 35.5. The average molecular weight is 412 g/mol. The van der Waals surface area contributed by atoms with Crippen molar-refractivity contribution in [2.24, 2.45) is 0 Å². The first-order valence-electron chi connectivity index (χ1n) is 9.00. The van der Waals surface area contributed by atoms with Crippen LogP contribution in [0, 0.1) is 0 Å². The Balaban J connectivity index is 1.74. The van der Waals surface area contributed by atoms with Crippen LogP contribution in [0.2, 0.25) is 5.02 Å². The number of benzene rings is 2. The maximum Gasteiger partial charge on any atom is 0.255 e. The van der Waals surface area contributed by atoms with Crippen molar-refractivity contribution in [2.75, 3.05) is 21.2 Å². The highest BCUT2D eigenvalue weighted by Crippen LogP contribution is 2.30. The Bertz CT molecular complexity index is 1010. The van der Waals surface area contributed by atoms with E-state index in [0.29, 0.717) is 28.4 Å². The second-order valence-corrected chi connectivity index (χ2v) is 7.08. The molecule has 2 aromatic carbocycles. The minimum Gasteiger partial charge on any atom is -0.496 e. The molecule has 2 amide bonds. The van der Waals surface area contributed by atoms with E-state index < -0.39 is 0 Å². The molecule has 1 N–H and O–H groups in total. The van der Waals surface area contributed by atoms with Gasteiger partial charge in [-0.15, -0.1) is 0 Å². The van der Waals surface area contributed by atoms with Crippen LogP contribution in [0.4, 0.5) is 0 Å². The molecule has 6 nitrogen and oxygen atoms in total. The first kappa shape index (κ1) is 20.5. The van der Waals surface area contributed by atoms with Crippen molar-refractivity contribution >= 4 is 23.4 Å². The predicted molar refractivity (Wildman–Crippen MR) is 113 cm³/mol. The lowest BCUT2D eigenvalue weighted by Crippen LogP contribution is -2.24. The molecule has 0 unspecified atom stereocenters. The molecule has 0 aliphatic carbocycles. The van der Waals surface area contributed by atoms with Gasteiger partial charge >= 0.3 is 0 Å². The van der Waals surface area contributed by atoms with Gasteiger partial charge in [-0.05, 0) is 35.9 Å². The molecule has 0 saturated heterocycles. The van der Waals surface area contributed by atoms with E-state index in [2.05, 4.69) is 5.32 Å². The monoisotopic (exact) mass is 411 g/mol. The van der Waals surface area contributed by atoms with Crippen LogP contribution in [-0.4, -0.2) is 42.5 Å². The Labute approximate surface area is 174 Å². The number of amides is 2. The summed E-state index contributed by atoms with van der Waals surface area (Å²) in [6.45, 7) is 0.315.